The molecule has 0 spiro atoms. The molecule has 0 amide bonds. The molecule has 2 aromatic heterocycles. The molecular weight excluding hydrogens is 460 g/mol. The van der Waals surface area contributed by atoms with Crippen molar-refractivity contribution in [3.8, 4) is 5.75 Å². The maximum Gasteiger partial charge on any atom is 0.343 e. The van der Waals surface area contributed by atoms with Gasteiger partial charge in [-0.05, 0) is 53.6 Å². The Morgan fingerprint density at radius 2 is 1.83 bits per heavy atom. The molecule has 0 bridgehead atoms. The fourth-order valence-corrected chi connectivity index (χ4v) is 4.21. The lowest BCUT2D eigenvalue weighted by Crippen LogP contribution is -2.13. The van der Waals surface area contributed by atoms with Crippen LogP contribution in [0.5, 0.6) is 5.75 Å². The van der Waals surface area contributed by atoms with Gasteiger partial charge < -0.3 is 14.0 Å². The van der Waals surface area contributed by atoms with Crippen LogP contribution in [0, 0.1) is 0 Å². The Hall–Kier alpha value is -4.09. The molecule has 0 saturated carbocycles. The molecule has 0 saturated heterocycles. The summed E-state index contributed by atoms with van der Waals surface area (Å²) in [7, 11) is 1.35. The highest BCUT2D eigenvalue weighted by atomic mass is 35.5. The fraction of sp³-hybridized carbons (Fsp3) is 0.103. The van der Waals surface area contributed by atoms with Gasteiger partial charge in [0.15, 0.2) is 6.61 Å². The zero-order valence-electron chi connectivity index (χ0n) is 19.1. The number of para-hydroxylation sites is 1. The first-order chi connectivity index (χ1) is 17.1. The van der Waals surface area contributed by atoms with E-state index in [0.717, 1.165) is 38.6 Å². The molecule has 0 aliphatic heterocycles. The summed E-state index contributed by atoms with van der Waals surface area (Å²) in [5.41, 5.74) is 4.91. The molecule has 0 unspecified atom stereocenters. The molecule has 2 heterocycles. The van der Waals surface area contributed by atoms with Crippen LogP contribution in [0.15, 0.2) is 85.1 Å². The van der Waals surface area contributed by atoms with Crippen LogP contribution in [0.1, 0.15) is 16.8 Å². The Morgan fingerprint density at radius 3 is 2.71 bits per heavy atom. The predicted octanol–water partition coefficient (Wildman–Crippen LogP) is 6.61. The van der Waals surface area contributed by atoms with Crippen molar-refractivity contribution >= 4 is 51.5 Å². The topological polar surface area (TPSA) is 53.4 Å². The summed E-state index contributed by atoms with van der Waals surface area (Å²) in [4.78, 5) is 16.2. The molecule has 174 valence electrons. The van der Waals surface area contributed by atoms with Crippen LogP contribution in [-0.2, 0) is 16.1 Å². The number of aromatic nitrogens is 2. The van der Waals surface area contributed by atoms with E-state index in [-0.39, 0.29) is 6.61 Å². The van der Waals surface area contributed by atoms with Crippen LogP contribution < -0.4 is 4.74 Å². The number of esters is 1. The molecule has 0 fully saturated rings. The summed E-state index contributed by atoms with van der Waals surface area (Å²) in [6.45, 7) is 0.534. The number of ether oxygens (including phenoxy) is 2. The standard InChI is InChI=1S/C29H23ClN2O3/c1-34-28(33)19-35-27-7-3-6-23-14-15-32(29(23)27)18-21-5-2-4-20(16-21)8-12-25-13-10-22-9-11-24(30)17-26(22)31-25/h2-17H,18-19H2,1H3. The Kier molecular flexibility index (Phi) is 6.51. The average molecular weight is 483 g/mol. The van der Waals surface area contributed by atoms with Gasteiger partial charge in [0.25, 0.3) is 0 Å². The lowest BCUT2D eigenvalue weighted by Gasteiger charge is -2.11. The first-order valence-electron chi connectivity index (χ1n) is 11.2. The van der Waals surface area contributed by atoms with Crippen molar-refractivity contribution in [1.29, 1.82) is 0 Å². The van der Waals surface area contributed by atoms with Gasteiger partial charge in [-0.1, -0.05) is 60.1 Å². The molecule has 0 aliphatic rings. The lowest BCUT2D eigenvalue weighted by atomic mass is 10.1. The summed E-state index contributed by atoms with van der Waals surface area (Å²) in [6.07, 6.45) is 6.09. The van der Waals surface area contributed by atoms with Crippen molar-refractivity contribution in [2.45, 2.75) is 6.54 Å². The van der Waals surface area contributed by atoms with Gasteiger partial charge in [0.2, 0.25) is 0 Å². The Labute approximate surface area is 208 Å². The molecular formula is C29H23ClN2O3. The minimum absolute atomic E-state index is 0.129. The highest BCUT2D eigenvalue weighted by molar-refractivity contribution is 6.31. The third-order valence-corrected chi connectivity index (χ3v) is 5.99. The van der Waals surface area contributed by atoms with Gasteiger partial charge in [-0.15, -0.1) is 0 Å². The maximum atomic E-state index is 11.5. The molecule has 35 heavy (non-hydrogen) atoms. The normalized spacial score (nSPS) is 11.4. The van der Waals surface area contributed by atoms with Crippen LogP contribution in [0.4, 0.5) is 0 Å². The number of carbonyl (C=O) groups is 1. The van der Waals surface area contributed by atoms with Crippen molar-refractivity contribution in [3.63, 3.8) is 0 Å². The van der Waals surface area contributed by atoms with Crippen molar-refractivity contribution in [3.05, 3.63) is 107 Å². The first-order valence-corrected chi connectivity index (χ1v) is 11.6. The maximum absolute atomic E-state index is 11.5. The SMILES string of the molecule is COC(=O)COc1cccc2ccn(Cc3cccc(C=Cc4ccc5ccc(Cl)cc5n4)c3)c12. The average Bonchev–Trinajstić information content (AvgIpc) is 3.29. The van der Waals surface area contributed by atoms with Gasteiger partial charge in [-0.25, -0.2) is 9.78 Å². The molecule has 5 aromatic rings. The van der Waals surface area contributed by atoms with Crippen LogP contribution in [0.2, 0.25) is 5.02 Å². The number of benzene rings is 3. The minimum Gasteiger partial charge on any atom is -0.480 e. The van der Waals surface area contributed by atoms with Gasteiger partial charge in [0.05, 0.1) is 23.8 Å². The first kappa shape index (κ1) is 22.7. The molecule has 0 aliphatic carbocycles. The van der Waals surface area contributed by atoms with E-state index < -0.39 is 5.97 Å². The predicted molar refractivity (Wildman–Crippen MR) is 141 cm³/mol. The molecule has 0 atom stereocenters. The van der Waals surface area contributed by atoms with Crippen LogP contribution in [-0.4, -0.2) is 29.2 Å². The number of methoxy groups -OCH3 is 1. The number of halogens is 1. The summed E-state index contributed by atoms with van der Waals surface area (Å²) in [6, 6.07) is 26.0. The van der Waals surface area contributed by atoms with Crippen molar-refractivity contribution in [2.75, 3.05) is 13.7 Å². The quantitative estimate of drug-likeness (QED) is 0.245. The van der Waals surface area contributed by atoms with Gasteiger partial charge in [-0.2, -0.15) is 0 Å². The summed E-state index contributed by atoms with van der Waals surface area (Å²) < 4.78 is 12.6. The zero-order chi connectivity index (χ0) is 24.2. The van der Waals surface area contributed by atoms with E-state index in [9.17, 15) is 4.79 Å². The van der Waals surface area contributed by atoms with Crippen molar-refractivity contribution < 1.29 is 14.3 Å². The van der Waals surface area contributed by atoms with Gasteiger partial charge in [0, 0.05) is 28.5 Å². The molecule has 3 aromatic carbocycles. The monoisotopic (exact) mass is 482 g/mol. The fourth-order valence-electron chi connectivity index (χ4n) is 4.04. The van der Waals surface area contributed by atoms with E-state index in [1.807, 2.05) is 72.9 Å². The number of carbonyl (C=O) groups excluding carboxylic acids is 1. The number of pyridine rings is 1. The lowest BCUT2D eigenvalue weighted by molar-refractivity contribution is -0.142. The number of hydrogen-bond donors (Lipinski definition) is 0. The largest absolute Gasteiger partial charge is 0.480 e. The van der Waals surface area contributed by atoms with E-state index in [0.29, 0.717) is 17.3 Å². The van der Waals surface area contributed by atoms with Gasteiger partial charge in [-0.3, -0.25) is 0 Å². The van der Waals surface area contributed by atoms with Gasteiger partial charge in [0.1, 0.15) is 5.75 Å². The number of nitrogens with zero attached hydrogens (tertiary/aromatic N) is 2. The number of rotatable bonds is 7. The number of hydrogen-bond acceptors (Lipinski definition) is 4. The third-order valence-electron chi connectivity index (χ3n) is 5.75. The Balaban J connectivity index is 1.37. The molecule has 0 N–H and O–H groups in total. The molecule has 5 nitrogen and oxygen atoms in total. The second-order valence-electron chi connectivity index (χ2n) is 8.15. The van der Waals surface area contributed by atoms with E-state index >= 15 is 0 Å². The highest BCUT2D eigenvalue weighted by Crippen LogP contribution is 2.28. The van der Waals surface area contributed by atoms with Crippen molar-refractivity contribution in [1.82, 2.24) is 9.55 Å². The smallest absolute Gasteiger partial charge is 0.343 e. The highest BCUT2D eigenvalue weighted by Gasteiger charge is 2.10. The third kappa shape index (κ3) is 5.20. The van der Waals surface area contributed by atoms with Crippen LogP contribution >= 0.6 is 11.6 Å². The van der Waals surface area contributed by atoms with Crippen molar-refractivity contribution in [2.24, 2.45) is 0 Å². The minimum atomic E-state index is -0.413. The summed E-state index contributed by atoms with van der Waals surface area (Å²) in [5.74, 6) is 0.236. The van der Waals surface area contributed by atoms with E-state index in [1.165, 1.54) is 7.11 Å². The van der Waals surface area contributed by atoms with E-state index in [2.05, 4.69) is 28.8 Å². The second kappa shape index (κ2) is 10.0. The van der Waals surface area contributed by atoms with E-state index in [1.54, 1.807) is 0 Å². The van der Waals surface area contributed by atoms with Crippen LogP contribution in [0.25, 0.3) is 34.0 Å². The summed E-state index contributed by atoms with van der Waals surface area (Å²) >= 11 is 6.12. The summed E-state index contributed by atoms with van der Waals surface area (Å²) in [5, 5.41) is 2.78. The van der Waals surface area contributed by atoms with Gasteiger partial charge >= 0.3 is 5.97 Å². The molecule has 5 rings (SSSR count). The zero-order valence-corrected chi connectivity index (χ0v) is 19.9. The molecule has 6 heteroatoms. The molecule has 0 radical (unpaired) electrons. The Bertz CT molecular complexity index is 1550. The Morgan fingerprint density at radius 1 is 0.971 bits per heavy atom. The number of fused-ring (bicyclic) bond motifs is 2. The van der Waals surface area contributed by atoms with Crippen LogP contribution in [0.3, 0.4) is 0 Å². The van der Waals surface area contributed by atoms with E-state index in [4.69, 9.17) is 26.1 Å². The second-order valence-corrected chi connectivity index (χ2v) is 8.59.